The van der Waals surface area contributed by atoms with E-state index in [1.807, 2.05) is 18.2 Å². The average molecular weight is 287 g/mol. The Bertz CT molecular complexity index is 555. The predicted octanol–water partition coefficient (Wildman–Crippen LogP) is 2.48. The predicted molar refractivity (Wildman–Crippen MR) is 79.0 cm³/mol. The summed E-state index contributed by atoms with van der Waals surface area (Å²) in [4.78, 5) is 23.5. The van der Waals surface area contributed by atoms with Gasteiger partial charge in [0.05, 0.1) is 11.8 Å². The monoisotopic (exact) mass is 287 g/mol. The second-order valence-electron chi connectivity index (χ2n) is 6.20. The highest BCUT2D eigenvalue weighted by molar-refractivity contribution is 5.84. The van der Waals surface area contributed by atoms with Crippen LogP contribution in [0, 0.1) is 5.92 Å². The van der Waals surface area contributed by atoms with Crippen molar-refractivity contribution in [2.45, 2.75) is 50.5 Å². The first-order valence-corrected chi connectivity index (χ1v) is 7.76. The van der Waals surface area contributed by atoms with E-state index in [1.165, 1.54) is 5.56 Å². The van der Waals surface area contributed by atoms with Gasteiger partial charge in [-0.05, 0) is 49.7 Å². The standard InChI is InChI=1S/C17H21NO3/c19-16(18-13-9-8-12(10-13)17(20)21)15-7-3-5-11-4-1-2-6-14(11)15/h1-2,4,6,12-13,15H,3,5,7-10H2,(H,18,19)(H,20,21). The Morgan fingerprint density at radius 1 is 1.14 bits per heavy atom. The van der Waals surface area contributed by atoms with Crippen molar-refractivity contribution in [1.82, 2.24) is 5.32 Å². The highest BCUT2D eigenvalue weighted by atomic mass is 16.4. The minimum atomic E-state index is -0.741. The number of carboxylic acid groups (broad SMARTS) is 1. The number of aryl methyl sites for hydroxylation is 1. The molecule has 2 aliphatic rings. The van der Waals surface area contributed by atoms with Gasteiger partial charge in [-0.2, -0.15) is 0 Å². The molecule has 0 radical (unpaired) electrons. The summed E-state index contributed by atoms with van der Waals surface area (Å²) in [6.45, 7) is 0. The van der Waals surface area contributed by atoms with Crippen molar-refractivity contribution in [3.8, 4) is 0 Å². The first-order valence-electron chi connectivity index (χ1n) is 7.76. The van der Waals surface area contributed by atoms with Crippen molar-refractivity contribution in [3.05, 3.63) is 35.4 Å². The molecule has 1 aromatic carbocycles. The molecule has 4 heteroatoms. The lowest BCUT2D eigenvalue weighted by atomic mass is 9.82. The number of rotatable bonds is 3. The smallest absolute Gasteiger partial charge is 0.306 e. The lowest BCUT2D eigenvalue weighted by Crippen LogP contribution is -2.38. The summed E-state index contributed by atoms with van der Waals surface area (Å²) in [5.41, 5.74) is 2.42. The highest BCUT2D eigenvalue weighted by Gasteiger charge is 2.33. The minimum absolute atomic E-state index is 0.0210. The van der Waals surface area contributed by atoms with Crippen LogP contribution in [0.4, 0.5) is 0 Å². The van der Waals surface area contributed by atoms with Gasteiger partial charge < -0.3 is 10.4 Å². The summed E-state index contributed by atoms with van der Waals surface area (Å²) in [7, 11) is 0. The van der Waals surface area contributed by atoms with Crippen LogP contribution >= 0.6 is 0 Å². The molecule has 1 aromatic rings. The third-order valence-corrected chi connectivity index (χ3v) is 4.81. The summed E-state index contributed by atoms with van der Waals surface area (Å²) in [5, 5.41) is 12.1. The van der Waals surface area contributed by atoms with Crippen LogP contribution in [0.15, 0.2) is 24.3 Å². The zero-order valence-corrected chi connectivity index (χ0v) is 12.0. The number of carbonyl (C=O) groups excluding carboxylic acids is 1. The largest absolute Gasteiger partial charge is 0.481 e. The van der Waals surface area contributed by atoms with E-state index in [0.717, 1.165) is 31.2 Å². The SMILES string of the molecule is O=C(O)C1CCC(NC(=O)C2CCCc3ccccc32)C1. The molecule has 4 nitrogen and oxygen atoms in total. The minimum Gasteiger partial charge on any atom is -0.481 e. The number of fused-ring (bicyclic) bond motifs is 1. The number of carbonyl (C=O) groups is 2. The van der Waals surface area contributed by atoms with Gasteiger partial charge in [-0.1, -0.05) is 24.3 Å². The van der Waals surface area contributed by atoms with Crippen LogP contribution in [0.1, 0.15) is 49.1 Å². The number of nitrogens with one attached hydrogen (secondary N) is 1. The van der Waals surface area contributed by atoms with E-state index in [1.54, 1.807) is 0 Å². The van der Waals surface area contributed by atoms with E-state index < -0.39 is 5.97 Å². The second kappa shape index (κ2) is 5.88. The molecule has 0 bridgehead atoms. The summed E-state index contributed by atoms with van der Waals surface area (Å²) < 4.78 is 0. The number of benzene rings is 1. The van der Waals surface area contributed by atoms with Crippen LogP contribution in [0.3, 0.4) is 0 Å². The zero-order valence-electron chi connectivity index (χ0n) is 12.0. The molecule has 21 heavy (non-hydrogen) atoms. The van der Waals surface area contributed by atoms with E-state index in [0.29, 0.717) is 12.8 Å². The van der Waals surface area contributed by atoms with Crippen LogP contribution in [0.5, 0.6) is 0 Å². The maximum absolute atomic E-state index is 12.5. The van der Waals surface area contributed by atoms with Gasteiger partial charge >= 0.3 is 5.97 Å². The average Bonchev–Trinajstić information content (AvgIpc) is 2.95. The van der Waals surface area contributed by atoms with Crippen molar-refractivity contribution in [2.24, 2.45) is 5.92 Å². The number of amides is 1. The molecule has 0 saturated heterocycles. The molecule has 0 heterocycles. The Morgan fingerprint density at radius 3 is 2.71 bits per heavy atom. The third-order valence-electron chi connectivity index (χ3n) is 4.81. The Kier molecular flexibility index (Phi) is 3.95. The van der Waals surface area contributed by atoms with Gasteiger partial charge in [0.2, 0.25) is 5.91 Å². The van der Waals surface area contributed by atoms with Crippen LogP contribution < -0.4 is 5.32 Å². The van der Waals surface area contributed by atoms with Crippen molar-refractivity contribution in [3.63, 3.8) is 0 Å². The maximum atomic E-state index is 12.5. The molecule has 0 aromatic heterocycles. The molecule has 3 atom stereocenters. The fraction of sp³-hybridized carbons (Fsp3) is 0.529. The molecule has 2 aliphatic carbocycles. The topological polar surface area (TPSA) is 66.4 Å². The molecule has 3 rings (SSSR count). The van der Waals surface area contributed by atoms with Crippen LogP contribution in [-0.2, 0) is 16.0 Å². The van der Waals surface area contributed by atoms with Crippen LogP contribution in [0.2, 0.25) is 0 Å². The van der Waals surface area contributed by atoms with Gasteiger partial charge in [-0.15, -0.1) is 0 Å². The molecule has 1 saturated carbocycles. The molecule has 0 spiro atoms. The van der Waals surface area contributed by atoms with Gasteiger partial charge in [0.25, 0.3) is 0 Å². The molecular weight excluding hydrogens is 266 g/mol. The number of carboxylic acids is 1. The van der Waals surface area contributed by atoms with E-state index in [9.17, 15) is 9.59 Å². The van der Waals surface area contributed by atoms with E-state index >= 15 is 0 Å². The Hall–Kier alpha value is -1.84. The second-order valence-corrected chi connectivity index (χ2v) is 6.20. The summed E-state index contributed by atoms with van der Waals surface area (Å²) in [6, 6.07) is 8.18. The van der Waals surface area contributed by atoms with E-state index in [2.05, 4.69) is 11.4 Å². The molecule has 1 amide bonds. The quantitative estimate of drug-likeness (QED) is 0.897. The fourth-order valence-electron chi connectivity index (χ4n) is 3.66. The van der Waals surface area contributed by atoms with E-state index in [4.69, 9.17) is 5.11 Å². The van der Waals surface area contributed by atoms with Gasteiger partial charge in [-0.25, -0.2) is 0 Å². The van der Waals surface area contributed by atoms with Gasteiger partial charge in [0, 0.05) is 6.04 Å². The van der Waals surface area contributed by atoms with Crippen LogP contribution in [0.25, 0.3) is 0 Å². The summed E-state index contributed by atoms with van der Waals surface area (Å²) in [5.74, 6) is -1.04. The van der Waals surface area contributed by atoms with Crippen molar-refractivity contribution in [2.75, 3.05) is 0 Å². The molecular formula is C17H21NO3. The maximum Gasteiger partial charge on any atom is 0.306 e. The lowest BCUT2D eigenvalue weighted by molar-refractivity contribution is -0.141. The van der Waals surface area contributed by atoms with Crippen molar-refractivity contribution < 1.29 is 14.7 Å². The number of hydrogen-bond acceptors (Lipinski definition) is 2. The molecule has 0 aliphatic heterocycles. The van der Waals surface area contributed by atoms with Crippen LogP contribution in [-0.4, -0.2) is 23.0 Å². The third kappa shape index (κ3) is 2.94. The fourth-order valence-corrected chi connectivity index (χ4v) is 3.66. The van der Waals surface area contributed by atoms with Gasteiger partial charge in [0.1, 0.15) is 0 Å². The molecule has 112 valence electrons. The number of aliphatic carboxylic acids is 1. The van der Waals surface area contributed by atoms with Gasteiger partial charge in [-0.3, -0.25) is 9.59 Å². The summed E-state index contributed by atoms with van der Waals surface area (Å²) >= 11 is 0. The number of hydrogen-bond donors (Lipinski definition) is 2. The Morgan fingerprint density at radius 2 is 1.95 bits per heavy atom. The zero-order chi connectivity index (χ0) is 14.8. The molecule has 3 unspecified atom stereocenters. The van der Waals surface area contributed by atoms with Crippen molar-refractivity contribution in [1.29, 1.82) is 0 Å². The van der Waals surface area contributed by atoms with Gasteiger partial charge in [0.15, 0.2) is 0 Å². The summed E-state index contributed by atoms with van der Waals surface area (Å²) in [6.07, 6.45) is 4.98. The Labute approximate surface area is 124 Å². The highest BCUT2D eigenvalue weighted by Crippen LogP contribution is 2.32. The van der Waals surface area contributed by atoms with E-state index in [-0.39, 0.29) is 23.8 Å². The normalized spacial score (nSPS) is 27.9. The lowest BCUT2D eigenvalue weighted by Gasteiger charge is -2.26. The molecule has 1 fully saturated rings. The Balaban J connectivity index is 1.66. The van der Waals surface area contributed by atoms with Crippen molar-refractivity contribution >= 4 is 11.9 Å². The molecule has 2 N–H and O–H groups in total. The first kappa shape index (κ1) is 14.1. The first-order chi connectivity index (χ1) is 10.1.